The normalized spacial score (nSPS) is 24.4. The average molecular weight is 274 g/mol. The number of carbonyl (C=O) groups is 3. The molecule has 3 amide bonds. The van der Waals surface area contributed by atoms with Gasteiger partial charge in [0.15, 0.2) is 0 Å². The molecule has 1 saturated heterocycles. The number of piperidine rings is 1. The predicted molar refractivity (Wildman–Crippen MR) is 74.5 cm³/mol. The zero-order chi connectivity index (χ0) is 14.7. The number of rotatable bonds is 3. The van der Waals surface area contributed by atoms with E-state index in [2.05, 4.69) is 5.32 Å². The van der Waals surface area contributed by atoms with Gasteiger partial charge in [0.25, 0.3) is 5.91 Å². The molecule has 0 spiro atoms. The summed E-state index contributed by atoms with van der Waals surface area (Å²) < 4.78 is 0. The van der Waals surface area contributed by atoms with Gasteiger partial charge >= 0.3 is 0 Å². The van der Waals surface area contributed by atoms with E-state index in [0.29, 0.717) is 18.5 Å². The van der Waals surface area contributed by atoms with E-state index in [1.165, 1.54) is 0 Å². The van der Waals surface area contributed by atoms with Gasteiger partial charge in [-0.1, -0.05) is 18.2 Å². The predicted octanol–water partition coefficient (Wildman–Crippen LogP) is 1.08. The Labute approximate surface area is 118 Å². The van der Waals surface area contributed by atoms with E-state index in [1.807, 2.05) is 32.1 Å². The van der Waals surface area contributed by atoms with Gasteiger partial charge < -0.3 is 4.90 Å². The van der Waals surface area contributed by atoms with Gasteiger partial charge in [-0.2, -0.15) is 0 Å². The lowest BCUT2D eigenvalue weighted by molar-refractivity contribution is -0.142. The van der Waals surface area contributed by atoms with E-state index in [9.17, 15) is 14.4 Å². The summed E-state index contributed by atoms with van der Waals surface area (Å²) in [6, 6.07) is -0.539. The molecule has 1 unspecified atom stereocenters. The molecule has 1 fully saturated rings. The number of nitrogens with one attached hydrogen (secondary N) is 1. The van der Waals surface area contributed by atoms with Crippen LogP contribution >= 0.6 is 0 Å². The van der Waals surface area contributed by atoms with Gasteiger partial charge in [-0.05, 0) is 31.9 Å². The Morgan fingerprint density at radius 1 is 1.25 bits per heavy atom. The van der Waals surface area contributed by atoms with Crippen molar-refractivity contribution in [3.05, 3.63) is 35.5 Å². The lowest BCUT2D eigenvalue weighted by Crippen LogP contribution is -2.53. The van der Waals surface area contributed by atoms with Crippen LogP contribution in [-0.4, -0.2) is 35.2 Å². The highest BCUT2D eigenvalue weighted by atomic mass is 16.2. The summed E-state index contributed by atoms with van der Waals surface area (Å²) in [5.74, 6) is -0.783. The van der Waals surface area contributed by atoms with Gasteiger partial charge in [0.05, 0.1) is 0 Å². The van der Waals surface area contributed by atoms with Crippen molar-refractivity contribution in [3.8, 4) is 0 Å². The fourth-order valence-electron chi connectivity index (χ4n) is 2.46. The molecule has 0 aliphatic carbocycles. The Bertz CT molecular complexity index is 543. The molecule has 0 saturated carbocycles. The number of carbonyl (C=O) groups excluding carboxylic acids is 3. The molecule has 106 valence electrons. The standard InChI is InChI=1S/C15H18N2O3/c1-3-4-5-6-11-10(2)9-17(15(11)20)12-7-8-13(18)16-14(12)19/h3-6,12H,7-9H2,1-2H3,(H,16,18,19)/b4-3-,6-5-. The van der Waals surface area contributed by atoms with E-state index in [4.69, 9.17) is 0 Å². The molecule has 0 radical (unpaired) electrons. The molecule has 2 heterocycles. The van der Waals surface area contributed by atoms with E-state index in [0.717, 1.165) is 5.57 Å². The minimum atomic E-state index is -0.539. The second-order valence-electron chi connectivity index (χ2n) is 4.98. The molecule has 0 aromatic carbocycles. The van der Waals surface area contributed by atoms with Crippen LogP contribution in [0.1, 0.15) is 26.7 Å². The summed E-state index contributed by atoms with van der Waals surface area (Å²) in [6.45, 7) is 4.23. The third kappa shape index (κ3) is 2.71. The van der Waals surface area contributed by atoms with Crippen LogP contribution in [0.25, 0.3) is 0 Å². The van der Waals surface area contributed by atoms with E-state index in [-0.39, 0.29) is 24.1 Å². The Hall–Kier alpha value is -2.17. The number of hydrogen-bond acceptors (Lipinski definition) is 3. The molecular formula is C15H18N2O3. The fraction of sp³-hybridized carbons (Fsp3) is 0.400. The molecule has 0 bridgehead atoms. The molecule has 1 atom stereocenters. The first kappa shape index (κ1) is 14.2. The lowest BCUT2D eigenvalue weighted by Gasteiger charge is -2.29. The Morgan fingerprint density at radius 2 is 2.00 bits per heavy atom. The largest absolute Gasteiger partial charge is 0.323 e. The monoisotopic (exact) mass is 274 g/mol. The molecule has 2 aliphatic heterocycles. The maximum atomic E-state index is 12.4. The molecule has 1 N–H and O–H groups in total. The second-order valence-corrected chi connectivity index (χ2v) is 4.98. The van der Waals surface area contributed by atoms with E-state index < -0.39 is 6.04 Å². The third-order valence-electron chi connectivity index (χ3n) is 3.51. The first-order chi connectivity index (χ1) is 9.54. The first-order valence-electron chi connectivity index (χ1n) is 6.68. The highest BCUT2D eigenvalue weighted by Crippen LogP contribution is 2.25. The van der Waals surface area contributed by atoms with Gasteiger partial charge in [0.2, 0.25) is 11.8 Å². The SMILES string of the molecule is C/C=C\C=C/C1=C(C)CN(C2CCC(=O)NC2=O)C1=O. The van der Waals surface area contributed by atoms with Crippen LogP contribution in [-0.2, 0) is 14.4 Å². The molecule has 0 aromatic rings. The van der Waals surface area contributed by atoms with Crippen LogP contribution in [0.2, 0.25) is 0 Å². The van der Waals surface area contributed by atoms with Gasteiger partial charge in [0, 0.05) is 18.5 Å². The molecule has 2 rings (SSSR count). The highest BCUT2D eigenvalue weighted by molar-refractivity contribution is 6.05. The summed E-state index contributed by atoms with van der Waals surface area (Å²) >= 11 is 0. The molecule has 20 heavy (non-hydrogen) atoms. The van der Waals surface area contributed by atoms with Crippen LogP contribution in [0, 0.1) is 0 Å². The smallest absolute Gasteiger partial charge is 0.254 e. The van der Waals surface area contributed by atoms with Crippen molar-refractivity contribution in [2.45, 2.75) is 32.7 Å². The summed E-state index contributed by atoms with van der Waals surface area (Å²) in [5.41, 5.74) is 1.58. The van der Waals surface area contributed by atoms with Gasteiger partial charge in [0.1, 0.15) is 6.04 Å². The van der Waals surface area contributed by atoms with Crippen LogP contribution < -0.4 is 5.32 Å². The maximum absolute atomic E-state index is 12.4. The quantitative estimate of drug-likeness (QED) is 0.618. The molecule has 5 heteroatoms. The molecule has 0 aromatic heterocycles. The van der Waals surface area contributed by atoms with Crippen LogP contribution in [0.15, 0.2) is 35.5 Å². The number of amides is 3. The average Bonchev–Trinajstić information content (AvgIpc) is 2.67. The van der Waals surface area contributed by atoms with Crippen molar-refractivity contribution in [1.29, 1.82) is 0 Å². The van der Waals surface area contributed by atoms with Crippen LogP contribution in [0.5, 0.6) is 0 Å². The van der Waals surface area contributed by atoms with E-state index >= 15 is 0 Å². The van der Waals surface area contributed by atoms with Crippen LogP contribution in [0.3, 0.4) is 0 Å². The summed E-state index contributed by atoms with van der Waals surface area (Å²) in [5, 5.41) is 2.29. The third-order valence-corrected chi connectivity index (χ3v) is 3.51. The number of allylic oxidation sites excluding steroid dienone is 3. The summed E-state index contributed by atoms with van der Waals surface area (Å²) in [7, 11) is 0. The van der Waals surface area contributed by atoms with Crippen molar-refractivity contribution >= 4 is 17.7 Å². The lowest BCUT2D eigenvalue weighted by atomic mass is 10.0. The Morgan fingerprint density at radius 3 is 2.65 bits per heavy atom. The topological polar surface area (TPSA) is 66.5 Å². The minimum Gasteiger partial charge on any atom is -0.323 e. The zero-order valence-corrected chi connectivity index (χ0v) is 11.7. The first-order valence-corrected chi connectivity index (χ1v) is 6.68. The summed E-state index contributed by atoms with van der Waals surface area (Å²) in [6.07, 6.45) is 7.98. The number of hydrogen-bond donors (Lipinski definition) is 1. The van der Waals surface area contributed by atoms with Gasteiger partial charge in [-0.25, -0.2) is 0 Å². The number of imide groups is 1. The van der Waals surface area contributed by atoms with Gasteiger partial charge in [-0.3, -0.25) is 19.7 Å². The Balaban J connectivity index is 2.13. The maximum Gasteiger partial charge on any atom is 0.254 e. The molecule has 5 nitrogen and oxygen atoms in total. The Kier molecular flexibility index (Phi) is 4.17. The second kappa shape index (κ2) is 5.86. The highest BCUT2D eigenvalue weighted by Gasteiger charge is 2.38. The fourth-order valence-corrected chi connectivity index (χ4v) is 2.46. The summed E-state index contributed by atoms with van der Waals surface area (Å²) in [4.78, 5) is 36.9. The van der Waals surface area contributed by atoms with Crippen molar-refractivity contribution in [2.75, 3.05) is 6.54 Å². The molecular weight excluding hydrogens is 256 g/mol. The van der Waals surface area contributed by atoms with Crippen molar-refractivity contribution in [1.82, 2.24) is 10.2 Å². The van der Waals surface area contributed by atoms with Crippen molar-refractivity contribution in [3.63, 3.8) is 0 Å². The van der Waals surface area contributed by atoms with Crippen molar-refractivity contribution in [2.24, 2.45) is 0 Å². The van der Waals surface area contributed by atoms with Gasteiger partial charge in [-0.15, -0.1) is 0 Å². The van der Waals surface area contributed by atoms with E-state index in [1.54, 1.807) is 11.0 Å². The number of nitrogens with zero attached hydrogens (tertiary/aromatic N) is 1. The van der Waals surface area contributed by atoms with Crippen LogP contribution in [0.4, 0.5) is 0 Å². The molecule has 2 aliphatic rings. The van der Waals surface area contributed by atoms with Crippen molar-refractivity contribution < 1.29 is 14.4 Å². The zero-order valence-electron chi connectivity index (χ0n) is 11.7. The minimum absolute atomic E-state index is 0.141.